The number of guanidine groups is 1. The summed E-state index contributed by atoms with van der Waals surface area (Å²) in [5, 5.41) is 9.34. The molecule has 1 aromatic carbocycles. The predicted octanol–water partition coefficient (Wildman–Crippen LogP) is 3.50. The molecule has 0 bridgehead atoms. The molecule has 0 aliphatic carbocycles. The van der Waals surface area contributed by atoms with Crippen molar-refractivity contribution in [3.05, 3.63) is 29.8 Å². The molecule has 3 N–H and O–H groups in total. The summed E-state index contributed by atoms with van der Waals surface area (Å²) in [7, 11) is 3.12. The Hall–Kier alpha value is -2.24. The number of hydrogen-bond donors (Lipinski definition) is 3. The minimum Gasteiger partial charge on any atom is -0.453 e. The van der Waals surface area contributed by atoms with Gasteiger partial charge in [-0.05, 0) is 31.0 Å². The first-order valence-corrected chi connectivity index (χ1v) is 8.50. The number of methoxy groups -OCH3 is 1. The number of amides is 1. The number of unbranched alkanes of at least 4 members (excludes halogenated alkanes) is 2. The quantitative estimate of drug-likeness (QED) is 0.386. The lowest BCUT2D eigenvalue weighted by molar-refractivity contribution is 0.187. The van der Waals surface area contributed by atoms with Gasteiger partial charge in [-0.1, -0.05) is 38.3 Å². The summed E-state index contributed by atoms with van der Waals surface area (Å²) >= 11 is 0. The zero-order valence-electron chi connectivity index (χ0n) is 15.2. The second-order valence-electron chi connectivity index (χ2n) is 5.78. The maximum Gasteiger partial charge on any atom is 0.411 e. The number of rotatable bonds is 8. The van der Waals surface area contributed by atoms with Crippen LogP contribution in [0.4, 0.5) is 10.5 Å². The summed E-state index contributed by atoms with van der Waals surface area (Å²) in [6, 6.07) is 8.00. The minimum atomic E-state index is -0.470. The van der Waals surface area contributed by atoms with Crippen molar-refractivity contribution in [2.75, 3.05) is 19.5 Å². The lowest BCUT2D eigenvalue weighted by atomic mass is 10.1. The Labute approximate surface area is 145 Å². The normalized spacial score (nSPS) is 12.4. The standard InChI is InChI=1S/C18H30N4O2/c1-5-6-7-8-14(2)21-17(19-3)20-13-15-9-11-16(12-10-15)22-18(23)24-4/h9-12,14H,5-8,13H2,1-4H3,(H,22,23)(H2,19,20,21). The maximum absolute atomic E-state index is 11.1. The van der Waals surface area contributed by atoms with Crippen molar-refractivity contribution < 1.29 is 9.53 Å². The minimum absolute atomic E-state index is 0.398. The molecule has 1 aromatic rings. The van der Waals surface area contributed by atoms with Gasteiger partial charge < -0.3 is 15.4 Å². The van der Waals surface area contributed by atoms with E-state index in [0.29, 0.717) is 18.3 Å². The summed E-state index contributed by atoms with van der Waals surface area (Å²) in [4.78, 5) is 15.4. The Bertz CT molecular complexity index is 514. The Morgan fingerprint density at radius 3 is 2.54 bits per heavy atom. The fourth-order valence-corrected chi connectivity index (χ4v) is 2.26. The van der Waals surface area contributed by atoms with Crippen LogP contribution in [-0.4, -0.2) is 32.3 Å². The topological polar surface area (TPSA) is 74.8 Å². The molecule has 0 radical (unpaired) electrons. The van der Waals surface area contributed by atoms with Gasteiger partial charge in [0.25, 0.3) is 0 Å². The first-order chi connectivity index (χ1) is 11.6. The van der Waals surface area contributed by atoms with Crippen molar-refractivity contribution in [1.82, 2.24) is 10.6 Å². The number of carbonyl (C=O) groups excluding carboxylic acids is 1. The summed E-state index contributed by atoms with van der Waals surface area (Å²) < 4.78 is 4.56. The SMILES string of the molecule is CCCCCC(C)NC(=NC)NCc1ccc(NC(=O)OC)cc1. The van der Waals surface area contributed by atoms with E-state index in [9.17, 15) is 4.79 Å². The summed E-state index contributed by atoms with van der Waals surface area (Å²) in [5.74, 6) is 0.802. The number of aliphatic imine (C=N–C) groups is 1. The van der Waals surface area contributed by atoms with E-state index in [1.165, 1.54) is 26.4 Å². The van der Waals surface area contributed by atoms with Crippen LogP contribution in [0.2, 0.25) is 0 Å². The molecule has 0 aromatic heterocycles. The van der Waals surface area contributed by atoms with Crippen LogP contribution >= 0.6 is 0 Å². The molecule has 1 amide bonds. The van der Waals surface area contributed by atoms with Crippen molar-refractivity contribution in [2.24, 2.45) is 4.99 Å². The third kappa shape index (κ3) is 7.85. The van der Waals surface area contributed by atoms with Crippen LogP contribution in [0.3, 0.4) is 0 Å². The maximum atomic E-state index is 11.1. The molecule has 134 valence electrons. The lowest BCUT2D eigenvalue weighted by Crippen LogP contribution is -2.41. The van der Waals surface area contributed by atoms with E-state index in [4.69, 9.17) is 0 Å². The van der Waals surface area contributed by atoms with E-state index in [0.717, 1.165) is 17.9 Å². The average Bonchev–Trinajstić information content (AvgIpc) is 2.59. The number of nitrogens with zero attached hydrogens (tertiary/aromatic N) is 1. The van der Waals surface area contributed by atoms with E-state index < -0.39 is 6.09 Å². The monoisotopic (exact) mass is 334 g/mol. The van der Waals surface area contributed by atoms with Crippen molar-refractivity contribution >= 4 is 17.7 Å². The van der Waals surface area contributed by atoms with Crippen molar-refractivity contribution in [1.29, 1.82) is 0 Å². The molecule has 0 saturated carbocycles. The van der Waals surface area contributed by atoms with Gasteiger partial charge in [-0.3, -0.25) is 10.3 Å². The molecule has 6 nitrogen and oxygen atoms in total. The summed E-state index contributed by atoms with van der Waals surface area (Å²) in [6.45, 7) is 5.06. The van der Waals surface area contributed by atoms with Crippen LogP contribution in [0.5, 0.6) is 0 Å². The molecule has 1 rings (SSSR count). The van der Waals surface area contributed by atoms with Gasteiger partial charge in [0.05, 0.1) is 7.11 Å². The van der Waals surface area contributed by atoms with Crippen molar-refractivity contribution in [3.63, 3.8) is 0 Å². The van der Waals surface area contributed by atoms with Crippen LogP contribution in [0, 0.1) is 0 Å². The third-order valence-electron chi connectivity index (χ3n) is 3.69. The van der Waals surface area contributed by atoms with Gasteiger partial charge in [-0.15, -0.1) is 0 Å². The van der Waals surface area contributed by atoms with E-state index in [2.05, 4.69) is 39.5 Å². The van der Waals surface area contributed by atoms with Crippen LogP contribution in [-0.2, 0) is 11.3 Å². The number of carbonyl (C=O) groups is 1. The fourth-order valence-electron chi connectivity index (χ4n) is 2.26. The zero-order chi connectivity index (χ0) is 17.8. The Morgan fingerprint density at radius 2 is 1.96 bits per heavy atom. The second kappa shape index (κ2) is 11.3. The highest BCUT2D eigenvalue weighted by Crippen LogP contribution is 2.09. The molecule has 1 unspecified atom stereocenters. The van der Waals surface area contributed by atoms with Crippen LogP contribution in [0.1, 0.15) is 45.1 Å². The fraction of sp³-hybridized carbons (Fsp3) is 0.556. The molecule has 0 aliphatic rings. The number of anilines is 1. The molecule has 0 heterocycles. The summed E-state index contributed by atoms with van der Waals surface area (Å²) in [6.07, 6.45) is 4.41. The van der Waals surface area contributed by atoms with Gasteiger partial charge in [0.2, 0.25) is 0 Å². The highest BCUT2D eigenvalue weighted by atomic mass is 16.5. The Kier molecular flexibility index (Phi) is 9.34. The molecule has 0 aliphatic heterocycles. The van der Waals surface area contributed by atoms with E-state index in [-0.39, 0.29) is 0 Å². The highest BCUT2D eigenvalue weighted by molar-refractivity contribution is 5.84. The van der Waals surface area contributed by atoms with E-state index in [1.807, 2.05) is 24.3 Å². The van der Waals surface area contributed by atoms with Crippen molar-refractivity contribution in [3.8, 4) is 0 Å². The smallest absolute Gasteiger partial charge is 0.411 e. The second-order valence-corrected chi connectivity index (χ2v) is 5.78. The van der Waals surface area contributed by atoms with E-state index >= 15 is 0 Å². The Balaban J connectivity index is 2.41. The lowest BCUT2D eigenvalue weighted by Gasteiger charge is -2.18. The van der Waals surface area contributed by atoms with Crippen LogP contribution in [0.25, 0.3) is 0 Å². The molecular formula is C18H30N4O2. The Morgan fingerprint density at radius 1 is 1.25 bits per heavy atom. The average molecular weight is 334 g/mol. The first-order valence-electron chi connectivity index (χ1n) is 8.50. The van der Waals surface area contributed by atoms with E-state index in [1.54, 1.807) is 7.05 Å². The van der Waals surface area contributed by atoms with Crippen LogP contribution < -0.4 is 16.0 Å². The molecule has 24 heavy (non-hydrogen) atoms. The van der Waals surface area contributed by atoms with Gasteiger partial charge in [0.15, 0.2) is 5.96 Å². The molecule has 6 heteroatoms. The molecular weight excluding hydrogens is 304 g/mol. The third-order valence-corrected chi connectivity index (χ3v) is 3.69. The number of ether oxygens (including phenoxy) is 1. The van der Waals surface area contributed by atoms with Crippen molar-refractivity contribution in [2.45, 2.75) is 52.1 Å². The first kappa shape index (κ1) is 19.8. The molecule has 0 saturated heterocycles. The number of hydrogen-bond acceptors (Lipinski definition) is 3. The highest BCUT2D eigenvalue weighted by Gasteiger charge is 2.05. The van der Waals surface area contributed by atoms with Gasteiger partial charge in [0, 0.05) is 25.3 Å². The molecule has 1 atom stereocenters. The number of benzene rings is 1. The van der Waals surface area contributed by atoms with Gasteiger partial charge in [-0.25, -0.2) is 4.79 Å². The zero-order valence-corrected chi connectivity index (χ0v) is 15.2. The largest absolute Gasteiger partial charge is 0.453 e. The van der Waals surface area contributed by atoms with Gasteiger partial charge in [-0.2, -0.15) is 0 Å². The molecule has 0 spiro atoms. The van der Waals surface area contributed by atoms with Gasteiger partial charge in [0.1, 0.15) is 0 Å². The number of nitrogens with one attached hydrogen (secondary N) is 3. The summed E-state index contributed by atoms with van der Waals surface area (Å²) in [5.41, 5.74) is 1.81. The molecule has 0 fully saturated rings. The predicted molar refractivity (Wildman–Crippen MR) is 99.4 cm³/mol. The van der Waals surface area contributed by atoms with Crippen LogP contribution in [0.15, 0.2) is 29.3 Å². The van der Waals surface area contributed by atoms with Gasteiger partial charge >= 0.3 is 6.09 Å².